The molecule has 0 radical (unpaired) electrons. The number of aromatic nitrogens is 3. The monoisotopic (exact) mass is 173 g/mol. The summed E-state index contributed by atoms with van der Waals surface area (Å²) in [7, 11) is 0. The van der Waals surface area contributed by atoms with Gasteiger partial charge < -0.3 is 4.74 Å². The largest absolute Gasteiger partial charge is 0.419 e. The minimum absolute atomic E-state index is 0.446. The van der Waals surface area contributed by atoms with Gasteiger partial charge in [-0.2, -0.15) is 5.10 Å². The van der Waals surface area contributed by atoms with E-state index in [0.717, 1.165) is 0 Å². The van der Waals surface area contributed by atoms with Crippen LogP contribution in [0.25, 0.3) is 0 Å². The van der Waals surface area contributed by atoms with Crippen molar-refractivity contribution in [2.45, 2.75) is 0 Å². The lowest BCUT2D eigenvalue weighted by Crippen LogP contribution is -1.90. The van der Waals surface area contributed by atoms with Crippen LogP contribution in [0.1, 0.15) is 0 Å². The van der Waals surface area contributed by atoms with Gasteiger partial charge in [0, 0.05) is 24.5 Å². The van der Waals surface area contributed by atoms with Gasteiger partial charge in [-0.3, -0.25) is 0 Å². The summed E-state index contributed by atoms with van der Waals surface area (Å²) in [4.78, 5) is 3.98. The van der Waals surface area contributed by atoms with Crippen LogP contribution in [0, 0.1) is 0 Å². The number of rotatable bonds is 2. The molecule has 0 aliphatic heterocycles. The van der Waals surface area contributed by atoms with E-state index >= 15 is 0 Å². The predicted molar refractivity (Wildman–Crippen MR) is 46.3 cm³/mol. The molecule has 0 N–H and O–H groups in total. The lowest BCUT2D eigenvalue weighted by atomic mass is 10.5. The average Bonchev–Trinajstić information content (AvgIpc) is 2.21. The summed E-state index contributed by atoms with van der Waals surface area (Å²) in [6.07, 6.45) is 3.25. The molecule has 0 amide bonds. The number of hydrogen-bond acceptors (Lipinski definition) is 4. The highest BCUT2D eigenvalue weighted by Crippen LogP contribution is 2.13. The molecule has 0 aromatic carbocycles. The molecule has 64 valence electrons. The third kappa shape index (κ3) is 1.99. The van der Waals surface area contributed by atoms with Crippen molar-refractivity contribution >= 4 is 0 Å². The summed E-state index contributed by atoms with van der Waals surface area (Å²) in [5, 5.41) is 7.44. The Hall–Kier alpha value is -1.97. The summed E-state index contributed by atoms with van der Waals surface area (Å²) in [6, 6.07) is 8.91. The van der Waals surface area contributed by atoms with Crippen molar-refractivity contribution in [3.8, 4) is 11.8 Å². The van der Waals surface area contributed by atoms with Crippen LogP contribution in [0.4, 0.5) is 0 Å². The first-order valence-corrected chi connectivity index (χ1v) is 3.82. The molecule has 0 bridgehead atoms. The van der Waals surface area contributed by atoms with Crippen LogP contribution >= 0.6 is 0 Å². The van der Waals surface area contributed by atoms with E-state index in [-0.39, 0.29) is 0 Å². The van der Waals surface area contributed by atoms with Crippen molar-refractivity contribution in [1.82, 2.24) is 15.2 Å². The molecule has 0 spiro atoms. The Balaban J connectivity index is 2.16. The highest BCUT2D eigenvalue weighted by atomic mass is 16.5. The van der Waals surface area contributed by atoms with Gasteiger partial charge in [-0.15, -0.1) is 5.10 Å². The topological polar surface area (TPSA) is 47.9 Å². The smallest absolute Gasteiger partial charge is 0.240 e. The number of hydrogen-bond donors (Lipinski definition) is 0. The molecule has 13 heavy (non-hydrogen) atoms. The van der Waals surface area contributed by atoms with Gasteiger partial charge >= 0.3 is 0 Å². The maximum absolute atomic E-state index is 5.29. The molecule has 4 heteroatoms. The molecule has 0 aliphatic carbocycles. The molecule has 2 heterocycles. The fourth-order valence-corrected chi connectivity index (χ4v) is 0.856. The Morgan fingerprint density at radius 1 is 0.923 bits per heavy atom. The Labute approximate surface area is 75.2 Å². The van der Waals surface area contributed by atoms with Gasteiger partial charge in [-0.1, -0.05) is 6.07 Å². The first-order chi connectivity index (χ1) is 6.45. The minimum atomic E-state index is 0.446. The third-order valence-corrected chi connectivity index (χ3v) is 1.39. The van der Waals surface area contributed by atoms with Gasteiger partial charge in [0.2, 0.25) is 11.8 Å². The Morgan fingerprint density at radius 2 is 1.85 bits per heavy atom. The van der Waals surface area contributed by atoms with Gasteiger partial charge in [0.25, 0.3) is 0 Å². The summed E-state index contributed by atoms with van der Waals surface area (Å²) in [6.45, 7) is 0. The van der Waals surface area contributed by atoms with Crippen molar-refractivity contribution in [3.05, 3.63) is 42.7 Å². The standard InChI is InChI=1S/C9H7N3O/c1-2-6-10-8(4-1)13-9-5-3-7-11-12-9/h1-7H. The van der Waals surface area contributed by atoms with E-state index in [2.05, 4.69) is 15.2 Å². The molecular weight excluding hydrogens is 166 g/mol. The SMILES string of the molecule is c1ccc(Oc2cccnn2)nc1. The van der Waals surface area contributed by atoms with Gasteiger partial charge in [0.05, 0.1) is 0 Å². The lowest BCUT2D eigenvalue weighted by molar-refractivity contribution is 0.437. The van der Waals surface area contributed by atoms with Crippen LogP contribution in [0.2, 0.25) is 0 Å². The molecule has 4 nitrogen and oxygen atoms in total. The van der Waals surface area contributed by atoms with Gasteiger partial charge in [0.15, 0.2) is 0 Å². The van der Waals surface area contributed by atoms with Crippen LogP contribution in [0.15, 0.2) is 42.7 Å². The minimum Gasteiger partial charge on any atom is -0.419 e. The highest BCUT2D eigenvalue weighted by molar-refractivity contribution is 5.17. The molecule has 2 rings (SSSR count). The lowest BCUT2D eigenvalue weighted by Gasteiger charge is -2.00. The molecule has 0 saturated heterocycles. The normalized spacial score (nSPS) is 9.54. The molecule has 0 atom stereocenters. The zero-order valence-corrected chi connectivity index (χ0v) is 6.79. The quantitative estimate of drug-likeness (QED) is 0.693. The number of ether oxygens (including phenoxy) is 1. The first kappa shape index (κ1) is 7.67. The van der Waals surface area contributed by atoms with Crippen molar-refractivity contribution < 1.29 is 4.74 Å². The fraction of sp³-hybridized carbons (Fsp3) is 0. The van der Waals surface area contributed by atoms with E-state index in [0.29, 0.717) is 11.8 Å². The summed E-state index contributed by atoms with van der Waals surface area (Å²) >= 11 is 0. The van der Waals surface area contributed by atoms with Crippen LogP contribution in [0.5, 0.6) is 11.8 Å². The maximum Gasteiger partial charge on any atom is 0.240 e. The van der Waals surface area contributed by atoms with Gasteiger partial charge in [0.1, 0.15) is 0 Å². The Kier molecular flexibility index (Phi) is 2.14. The van der Waals surface area contributed by atoms with Crippen molar-refractivity contribution in [3.63, 3.8) is 0 Å². The fourth-order valence-electron chi connectivity index (χ4n) is 0.856. The molecule has 0 aliphatic rings. The number of pyridine rings is 1. The zero-order chi connectivity index (χ0) is 8.93. The molecule has 0 fully saturated rings. The van der Waals surface area contributed by atoms with Crippen molar-refractivity contribution in [1.29, 1.82) is 0 Å². The Bertz CT molecular complexity index is 326. The zero-order valence-electron chi connectivity index (χ0n) is 6.79. The molecular formula is C9H7N3O. The van der Waals surface area contributed by atoms with E-state index in [9.17, 15) is 0 Å². The molecule has 0 saturated carbocycles. The van der Waals surface area contributed by atoms with E-state index < -0.39 is 0 Å². The van der Waals surface area contributed by atoms with Gasteiger partial charge in [-0.05, 0) is 12.1 Å². The second kappa shape index (κ2) is 3.62. The maximum atomic E-state index is 5.29. The second-order valence-corrected chi connectivity index (χ2v) is 2.33. The van der Waals surface area contributed by atoms with Crippen molar-refractivity contribution in [2.24, 2.45) is 0 Å². The predicted octanol–water partition coefficient (Wildman–Crippen LogP) is 1.66. The van der Waals surface area contributed by atoms with Crippen LogP contribution in [-0.2, 0) is 0 Å². The molecule has 0 unspecified atom stereocenters. The van der Waals surface area contributed by atoms with E-state index in [4.69, 9.17) is 4.74 Å². The van der Waals surface area contributed by atoms with Crippen LogP contribution in [-0.4, -0.2) is 15.2 Å². The number of nitrogens with zero attached hydrogens (tertiary/aromatic N) is 3. The van der Waals surface area contributed by atoms with Crippen LogP contribution < -0.4 is 4.74 Å². The van der Waals surface area contributed by atoms with E-state index in [1.807, 2.05) is 12.1 Å². The summed E-state index contributed by atoms with van der Waals surface area (Å²) in [5.74, 6) is 0.962. The second-order valence-electron chi connectivity index (χ2n) is 2.33. The van der Waals surface area contributed by atoms with Crippen LogP contribution in [0.3, 0.4) is 0 Å². The first-order valence-electron chi connectivity index (χ1n) is 3.82. The van der Waals surface area contributed by atoms with Gasteiger partial charge in [-0.25, -0.2) is 4.98 Å². The summed E-state index contributed by atoms with van der Waals surface area (Å²) in [5.41, 5.74) is 0. The average molecular weight is 173 g/mol. The molecule has 2 aromatic rings. The van der Waals surface area contributed by atoms with E-state index in [1.54, 1.807) is 30.6 Å². The Morgan fingerprint density at radius 3 is 2.54 bits per heavy atom. The third-order valence-electron chi connectivity index (χ3n) is 1.39. The van der Waals surface area contributed by atoms with E-state index in [1.165, 1.54) is 0 Å². The molecule has 2 aromatic heterocycles. The highest BCUT2D eigenvalue weighted by Gasteiger charge is 1.96. The summed E-state index contributed by atoms with van der Waals surface area (Å²) < 4.78 is 5.29. The van der Waals surface area contributed by atoms with Crippen molar-refractivity contribution in [2.75, 3.05) is 0 Å².